The van der Waals surface area contributed by atoms with Gasteiger partial charge in [0.1, 0.15) is 18.2 Å². The fourth-order valence-electron chi connectivity index (χ4n) is 2.98. The number of carbonyl (C=O) groups excluding carboxylic acids is 1. The van der Waals surface area contributed by atoms with Gasteiger partial charge in [0.2, 0.25) is 0 Å². The summed E-state index contributed by atoms with van der Waals surface area (Å²) < 4.78 is 18.5. The van der Waals surface area contributed by atoms with Crippen LogP contribution in [0.15, 0.2) is 48.5 Å². The molecule has 1 aliphatic rings. The summed E-state index contributed by atoms with van der Waals surface area (Å²) in [6.07, 6.45) is 0. The minimum absolute atomic E-state index is 0.111. The van der Waals surface area contributed by atoms with Gasteiger partial charge in [-0.25, -0.2) is 4.39 Å². The number of halogens is 1. The Kier molecular flexibility index (Phi) is 5.66. The molecule has 3 rings (SSSR count). The number of rotatable bonds is 5. The van der Waals surface area contributed by atoms with Gasteiger partial charge in [0, 0.05) is 38.3 Å². The summed E-state index contributed by atoms with van der Waals surface area (Å²) >= 11 is 0. The predicted octanol–water partition coefficient (Wildman–Crippen LogP) is 2.97. The van der Waals surface area contributed by atoms with Crippen molar-refractivity contribution in [2.75, 3.05) is 39.3 Å². The van der Waals surface area contributed by atoms with Crippen LogP contribution in [0.1, 0.15) is 15.9 Å². The van der Waals surface area contributed by atoms with E-state index < -0.39 is 0 Å². The summed E-state index contributed by atoms with van der Waals surface area (Å²) in [6, 6.07) is 13.8. The van der Waals surface area contributed by atoms with Crippen LogP contribution in [0.4, 0.5) is 4.39 Å². The molecule has 1 fully saturated rings. The fourth-order valence-corrected chi connectivity index (χ4v) is 2.98. The van der Waals surface area contributed by atoms with E-state index in [4.69, 9.17) is 4.74 Å². The molecule has 0 bridgehead atoms. The lowest BCUT2D eigenvalue weighted by molar-refractivity contribution is 0.0619. The largest absolute Gasteiger partial charge is 0.492 e. The number of carbonyl (C=O) groups is 1. The monoisotopic (exact) mass is 342 g/mol. The Bertz CT molecular complexity index is 710. The Morgan fingerprint density at radius 2 is 1.72 bits per heavy atom. The lowest BCUT2D eigenvalue weighted by Gasteiger charge is -2.34. The molecular formula is C20H23FN2O2. The van der Waals surface area contributed by atoms with E-state index in [-0.39, 0.29) is 11.7 Å². The molecule has 1 saturated heterocycles. The summed E-state index contributed by atoms with van der Waals surface area (Å²) in [5.74, 6) is 0.525. The third-order valence-electron chi connectivity index (χ3n) is 4.52. The van der Waals surface area contributed by atoms with Gasteiger partial charge >= 0.3 is 0 Å². The number of ether oxygens (including phenoxy) is 1. The van der Waals surface area contributed by atoms with E-state index in [1.165, 1.54) is 12.1 Å². The Labute approximate surface area is 147 Å². The smallest absolute Gasteiger partial charge is 0.254 e. The molecule has 2 aromatic rings. The van der Waals surface area contributed by atoms with Crippen molar-refractivity contribution in [2.24, 2.45) is 0 Å². The molecule has 0 aliphatic carbocycles. The SMILES string of the molecule is Cc1ccccc1C(=O)N1CCN(CCOc2ccc(F)cc2)CC1. The van der Waals surface area contributed by atoms with Crippen LogP contribution in [0.2, 0.25) is 0 Å². The molecule has 0 unspecified atom stereocenters. The van der Waals surface area contributed by atoms with Crippen LogP contribution < -0.4 is 4.74 Å². The van der Waals surface area contributed by atoms with E-state index in [1.807, 2.05) is 36.1 Å². The average molecular weight is 342 g/mol. The topological polar surface area (TPSA) is 32.8 Å². The zero-order valence-electron chi connectivity index (χ0n) is 14.5. The molecule has 4 nitrogen and oxygen atoms in total. The van der Waals surface area contributed by atoms with Crippen molar-refractivity contribution in [1.29, 1.82) is 0 Å². The first kappa shape index (κ1) is 17.4. The third kappa shape index (κ3) is 4.57. The maximum atomic E-state index is 12.9. The van der Waals surface area contributed by atoms with Crippen molar-refractivity contribution in [3.05, 3.63) is 65.5 Å². The van der Waals surface area contributed by atoms with E-state index in [0.29, 0.717) is 12.4 Å². The average Bonchev–Trinajstić information content (AvgIpc) is 2.64. The van der Waals surface area contributed by atoms with Crippen molar-refractivity contribution >= 4 is 5.91 Å². The van der Waals surface area contributed by atoms with Crippen molar-refractivity contribution in [1.82, 2.24) is 9.80 Å². The normalized spacial score (nSPS) is 15.2. The van der Waals surface area contributed by atoms with Crippen molar-refractivity contribution in [3.63, 3.8) is 0 Å². The standard InChI is InChI=1S/C20H23FN2O2/c1-16-4-2-3-5-19(16)20(24)23-12-10-22(11-13-23)14-15-25-18-8-6-17(21)7-9-18/h2-9H,10-15H2,1H3. The molecule has 132 valence electrons. The lowest BCUT2D eigenvalue weighted by Crippen LogP contribution is -2.49. The number of aryl methyl sites for hydroxylation is 1. The fraction of sp³-hybridized carbons (Fsp3) is 0.350. The molecule has 0 radical (unpaired) electrons. The van der Waals surface area contributed by atoms with Gasteiger partial charge in [0.15, 0.2) is 0 Å². The van der Waals surface area contributed by atoms with Crippen LogP contribution in [0.5, 0.6) is 5.75 Å². The van der Waals surface area contributed by atoms with E-state index in [1.54, 1.807) is 12.1 Å². The maximum absolute atomic E-state index is 12.9. The highest BCUT2D eigenvalue weighted by Crippen LogP contribution is 2.14. The van der Waals surface area contributed by atoms with Crippen LogP contribution in [-0.2, 0) is 0 Å². The lowest BCUT2D eigenvalue weighted by atomic mass is 10.1. The van der Waals surface area contributed by atoms with Gasteiger partial charge in [-0.2, -0.15) is 0 Å². The summed E-state index contributed by atoms with van der Waals surface area (Å²) in [5, 5.41) is 0. The number of hydrogen-bond donors (Lipinski definition) is 0. The van der Waals surface area contributed by atoms with Gasteiger partial charge in [-0.1, -0.05) is 18.2 Å². The van der Waals surface area contributed by atoms with Crippen LogP contribution in [0, 0.1) is 12.7 Å². The molecule has 1 amide bonds. The van der Waals surface area contributed by atoms with Gasteiger partial charge in [-0.15, -0.1) is 0 Å². The first-order valence-corrected chi connectivity index (χ1v) is 8.59. The highest BCUT2D eigenvalue weighted by molar-refractivity contribution is 5.95. The number of nitrogens with zero attached hydrogens (tertiary/aromatic N) is 2. The highest BCUT2D eigenvalue weighted by Gasteiger charge is 2.22. The molecule has 1 heterocycles. The van der Waals surface area contributed by atoms with Crippen LogP contribution >= 0.6 is 0 Å². The minimum atomic E-state index is -0.262. The second kappa shape index (κ2) is 8.12. The van der Waals surface area contributed by atoms with Gasteiger partial charge in [-0.3, -0.25) is 9.69 Å². The summed E-state index contributed by atoms with van der Waals surface area (Å²) in [4.78, 5) is 16.8. The summed E-state index contributed by atoms with van der Waals surface area (Å²) in [5.41, 5.74) is 1.80. The molecule has 0 atom stereocenters. The van der Waals surface area contributed by atoms with Gasteiger partial charge in [0.05, 0.1) is 0 Å². The maximum Gasteiger partial charge on any atom is 0.254 e. The molecule has 0 saturated carbocycles. The molecule has 2 aromatic carbocycles. The second-order valence-corrected chi connectivity index (χ2v) is 6.25. The Morgan fingerprint density at radius 1 is 1.04 bits per heavy atom. The van der Waals surface area contributed by atoms with Crippen LogP contribution in [-0.4, -0.2) is 55.0 Å². The van der Waals surface area contributed by atoms with Gasteiger partial charge < -0.3 is 9.64 Å². The third-order valence-corrected chi connectivity index (χ3v) is 4.52. The van der Waals surface area contributed by atoms with Crippen molar-refractivity contribution in [3.8, 4) is 5.75 Å². The number of amides is 1. The Balaban J connectivity index is 1.43. The Morgan fingerprint density at radius 3 is 2.40 bits per heavy atom. The predicted molar refractivity (Wildman–Crippen MR) is 95.4 cm³/mol. The highest BCUT2D eigenvalue weighted by atomic mass is 19.1. The van der Waals surface area contributed by atoms with Gasteiger partial charge in [0.25, 0.3) is 5.91 Å². The summed E-state index contributed by atoms with van der Waals surface area (Å²) in [7, 11) is 0. The zero-order valence-corrected chi connectivity index (χ0v) is 14.5. The number of hydrogen-bond acceptors (Lipinski definition) is 3. The quantitative estimate of drug-likeness (QED) is 0.837. The van der Waals surface area contributed by atoms with Crippen molar-refractivity contribution in [2.45, 2.75) is 6.92 Å². The second-order valence-electron chi connectivity index (χ2n) is 6.25. The van der Waals surface area contributed by atoms with Crippen LogP contribution in [0.25, 0.3) is 0 Å². The zero-order chi connectivity index (χ0) is 17.6. The van der Waals surface area contributed by atoms with Crippen molar-refractivity contribution < 1.29 is 13.9 Å². The van der Waals surface area contributed by atoms with E-state index in [9.17, 15) is 9.18 Å². The van der Waals surface area contributed by atoms with E-state index in [2.05, 4.69) is 4.90 Å². The van der Waals surface area contributed by atoms with E-state index in [0.717, 1.165) is 43.9 Å². The van der Waals surface area contributed by atoms with Crippen LogP contribution in [0.3, 0.4) is 0 Å². The molecule has 0 N–H and O–H groups in total. The first-order chi connectivity index (χ1) is 12.1. The van der Waals surface area contributed by atoms with Gasteiger partial charge in [-0.05, 0) is 42.8 Å². The molecular weight excluding hydrogens is 319 g/mol. The number of piperazine rings is 1. The first-order valence-electron chi connectivity index (χ1n) is 8.59. The molecule has 0 aromatic heterocycles. The molecule has 1 aliphatic heterocycles. The minimum Gasteiger partial charge on any atom is -0.492 e. The summed E-state index contributed by atoms with van der Waals surface area (Å²) in [6.45, 7) is 6.44. The number of benzene rings is 2. The van der Waals surface area contributed by atoms with E-state index >= 15 is 0 Å². The Hall–Kier alpha value is -2.40. The molecule has 0 spiro atoms. The molecule has 5 heteroatoms. The molecule has 25 heavy (non-hydrogen) atoms.